The van der Waals surface area contributed by atoms with Crippen LogP contribution in [0.3, 0.4) is 0 Å². The quantitative estimate of drug-likeness (QED) is 0.464. The number of halogens is 2. The molecule has 0 radical (unpaired) electrons. The molecule has 7 heteroatoms. The summed E-state index contributed by atoms with van der Waals surface area (Å²) in [4.78, 5) is 0. The third-order valence-corrected chi connectivity index (χ3v) is 1.73. The standard InChI is InChI=1S/C4H4N2O2S.2ClH/c1-9(7,8)4(2-5)3-6;;/h4H,1H3;2*1H/p-1. The van der Waals surface area contributed by atoms with Crippen LogP contribution in [0.15, 0.2) is 0 Å². The predicted molar refractivity (Wildman–Crippen MR) is 37.1 cm³/mol. The van der Waals surface area contributed by atoms with Gasteiger partial charge in [0, 0.05) is 6.26 Å². The molecule has 0 atom stereocenters. The van der Waals surface area contributed by atoms with Crippen LogP contribution in [0.25, 0.3) is 0 Å². The fourth-order valence-electron chi connectivity index (χ4n) is 0.220. The first-order valence-corrected chi connectivity index (χ1v) is 3.96. The van der Waals surface area contributed by atoms with Crippen LogP contribution in [-0.2, 0) is 9.84 Å². The minimum absolute atomic E-state index is 0. The Kier molecular flexibility index (Phi) is 9.55. The van der Waals surface area contributed by atoms with Crippen LogP contribution >= 0.6 is 12.4 Å². The fraction of sp³-hybridized carbons (Fsp3) is 0.500. The Bertz CT molecular complexity index is 259. The smallest absolute Gasteiger partial charge is 0.233 e. The molecule has 0 aromatic carbocycles. The van der Waals surface area contributed by atoms with Gasteiger partial charge in [-0.05, 0) is 0 Å². The predicted octanol–water partition coefficient (Wildman–Crippen LogP) is -3.13. The number of nitrogens with zero attached hydrogens (tertiary/aromatic N) is 2. The molecule has 0 N–H and O–H groups in total. The van der Waals surface area contributed by atoms with Gasteiger partial charge >= 0.3 is 0 Å². The lowest BCUT2D eigenvalue weighted by Crippen LogP contribution is -3.00. The van der Waals surface area contributed by atoms with Gasteiger partial charge in [0.15, 0.2) is 9.84 Å². The van der Waals surface area contributed by atoms with Crippen LogP contribution in [0.4, 0.5) is 0 Å². The highest BCUT2D eigenvalue weighted by Gasteiger charge is 2.17. The van der Waals surface area contributed by atoms with Crippen LogP contribution in [-0.4, -0.2) is 19.9 Å². The SMILES string of the molecule is CS(=O)(=O)C(C#N)C#N.Cl.[Cl-]. The molecule has 0 aromatic heterocycles. The van der Waals surface area contributed by atoms with Gasteiger partial charge in [-0.25, -0.2) is 8.42 Å². The summed E-state index contributed by atoms with van der Waals surface area (Å²) in [6, 6.07) is 2.69. The second-order valence-corrected chi connectivity index (χ2v) is 3.60. The molecule has 4 nitrogen and oxygen atoms in total. The van der Waals surface area contributed by atoms with Crippen molar-refractivity contribution >= 4 is 22.2 Å². The summed E-state index contributed by atoms with van der Waals surface area (Å²) in [6.45, 7) is 0. The summed E-state index contributed by atoms with van der Waals surface area (Å²) in [6.07, 6.45) is 0.851. The molecule has 64 valence electrons. The van der Waals surface area contributed by atoms with E-state index < -0.39 is 15.1 Å². The highest BCUT2D eigenvalue weighted by atomic mass is 35.5. The van der Waals surface area contributed by atoms with Gasteiger partial charge < -0.3 is 12.4 Å². The van der Waals surface area contributed by atoms with Gasteiger partial charge in [-0.15, -0.1) is 12.4 Å². The van der Waals surface area contributed by atoms with Crippen molar-refractivity contribution in [2.24, 2.45) is 0 Å². The van der Waals surface area contributed by atoms with Crippen molar-refractivity contribution in [1.29, 1.82) is 10.5 Å². The average Bonchev–Trinajstić information content (AvgIpc) is 1.65. The van der Waals surface area contributed by atoms with Crippen molar-refractivity contribution in [2.75, 3.05) is 6.26 Å². The molecule has 0 rings (SSSR count). The van der Waals surface area contributed by atoms with Gasteiger partial charge in [0.2, 0.25) is 5.25 Å². The van der Waals surface area contributed by atoms with Crippen LogP contribution in [0.2, 0.25) is 0 Å². The Morgan fingerprint density at radius 2 is 1.55 bits per heavy atom. The van der Waals surface area contributed by atoms with Crippen LogP contribution < -0.4 is 12.4 Å². The molecule has 0 amide bonds. The van der Waals surface area contributed by atoms with Gasteiger partial charge in [-0.2, -0.15) is 10.5 Å². The molecule has 11 heavy (non-hydrogen) atoms. The van der Waals surface area contributed by atoms with E-state index >= 15 is 0 Å². The maximum absolute atomic E-state index is 10.3. The molecular weight excluding hydrogens is 211 g/mol. The van der Waals surface area contributed by atoms with E-state index in [9.17, 15) is 8.42 Å². The normalized spacial score (nSPS) is 8.36. The molecule has 0 unspecified atom stereocenters. The molecule has 0 aliphatic heterocycles. The Balaban J connectivity index is -0.000000320. The fourth-order valence-corrected chi connectivity index (χ4v) is 0.603. The molecule has 0 spiro atoms. The zero-order valence-corrected chi connectivity index (χ0v) is 7.87. The zero-order valence-electron chi connectivity index (χ0n) is 5.48. The highest BCUT2D eigenvalue weighted by Crippen LogP contribution is 1.93. The van der Waals surface area contributed by atoms with Crippen molar-refractivity contribution < 1.29 is 20.8 Å². The molecule has 0 fully saturated rings. The number of hydrogen-bond donors (Lipinski definition) is 0. The summed E-state index contributed by atoms with van der Waals surface area (Å²) >= 11 is 0. The minimum atomic E-state index is -3.49. The van der Waals surface area contributed by atoms with Gasteiger partial charge in [0.25, 0.3) is 0 Å². The number of hydrogen-bond acceptors (Lipinski definition) is 4. The van der Waals surface area contributed by atoms with E-state index in [1.165, 1.54) is 12.1 Å². The lowest BCUT2D eigenvalue weighted by Gasteiger charge is -1.90. The second kappa shape index (κ2) is 6.23. The number of nitriles is 2. The van der Waals surface area contributed by atoms with Crippen molar-refractivity contribution in [3.8, 4) is 12.1 Å². The van der Waals surface area contributed by atoms with Crippen molar-refractivity contribution in [2.45, 2.75) is 5.25 Å². The molecule has 0 aliphatic carbocycles. The first kappa shape index (κ1) is 16.9. The van der Waals surface area contributed by atoms with Gasteiger partial charge in [-0.1, -0.05) is 0 Å². The maximum Gasteiger partial charge on any atom is 0.233 e. The molecule has 0 bridgehead atoms. The largest absolute Gasteiger partial charge is 1.00 e. The lowest BCUT2D eigenvalue weighted by atomic mass is 10.5. The topological polar surface area (TPSA) is 81.7 Å². The van der Waals surface area contributed by atoms with Crippen molar-refractivity contribution in [1.82, 2.24) is 0 Å². The summed E-state index contributed by atoms with van der Waals surface area (Å²) in [5.41, 5.74) is 0. The first-order chi connectivity index (χ1) is 4.02. The highest BCUT2D eigenvalue weighted by molar-refractivity contribution is 7.91. The van der Waals surface area contributed by atoms with Crippen LogP contribution in [0, 0.1) is 22.7 Å². The van der Waals surface area contributed by atoms with Gasteiger partial charge in [-0.3, -0.25) is 0 Å². The molecule has 0 saturated heterocycles. The molecule has 0 aliphatic rings. The van der Waals surface area contributed by atoms with Crippen LogP contribution in [0.5, 0.6) is 0 Å². The number of sulfone groups is 1. The molecule has 0 aromatic rings. The Hall–Kier alpha value is -0.490. The van der Waals surface area contributed by atoms with Gasteiger partial charge in [0.05, 0.1) is 12.1 Å². The maximum atomic E-state index is 10.3. The number of rotatable bonds is 1. The molecular formula is C4H5Cl2N2O2S-. The van der Waals surface area contributed by atoms with E-state index in [0.717, 1.165) is 6.26 Å². The molecule has 0 saturated carbocycles. The monoisotopic (exact) mass is 215 g/mol. The Labute approximate surface area is 77.6 Å². The average molecular weight is 216 g/mol. The summed E-state index contributed by atoms with van der Waals surface area (Å²) in [7, 11) is -3.49. The van der Waals surface area contributed by atoms with E-state index in [0.29, 0.717) is 0 Å². The van der Waals surface area contributed by atoms with E-state index in [1.54, 1.807) is 0 Å². The van der Waals surface area contributed by atoms with E-state index in [4.69, 9.17) is 10.5 Å². The van der Waals surface area contributed by atoms with Gasteiger partial charge in [0.1, 0.15) is 0 Å². The summed E-state index contributed by atoms with van der Waals surface area (Å²) < 4.78 is 20.7. The Morgan fingerprint density at radius 1 is 1.27 bits per heavy atom. The van der Waals surface area contributed by atoms with E-state index in [2.05, 4.69) is 0 Å². The minimum Gasteiger partial charge on any atom is -1.00 e. The third-order valence-electron chi connectivity index (χ3n) is 0.663. The van der Waals surface area contributed by atoms with E-state index in [-0.39, 0.29) is 24.8 Å². The zero-order chi connectivity index (χ0) is 7.49. The summed E-state index contributed by atoms with van der Waals surface area (Å²) in [5, 5.41) is 14.5. The van der Waals surface area contributed by atoms with Crippen molar-refractivity contribution in [3.05, 3.63) is 0 Å². The summed E-state index contributed by atoms with van der Waals surface area (Å²) in [5.74, 6) is 0. The molecule has 0 heterocycles. The Morgan fingerprint density at radius 3 is 1.55 bits per heavy atom. The second-order valence-electron chi connectivity index (χ2n) is 1.47. The van der Waals surface area contributed by atoms with Crippen molar-refractivity contribution in [3.63, 3.8) is 0 Å². The third kappa shape index (κ3) is 5.93. The lowest BCUT2D eigenvalue weighted by molar-refractivity contribution is -0.00000508. The van der Waals surface area contributed by atoms with E-state index in [1.807, 2.05) is 0 Å². The first-order valence-electron chi connectivity index (χ1n) is 2.00. The van der Waals surface area contributed by atoms with Crippen LogP contribution in [0.1, 0.15) is 0 Å².